The van der Waals surface area contributed by atoms with Crippen molar-refractivity contribution in [2.24, 2.45) is 0 Å². The van der Waals surface area contributed by atoms with E-state index in [1.807, 2.05) is 54.8 Å². The molecule has 3 rings (SSSR count). The van der Waals surface area contributed by atoms with Crippen molar-refractivity contribution in [3.63, 3.8) is 0 Å². The molecule has 32 heavy (non-hydrogen) atoms. The molecule has 3 atom stereocenters. The standard InChI is InChI=1S/C24H31N3O3S2/c1-30-24(29)20(11-13-32-2)27-23(28)19-14-17(26-15-21-22(31)10-12-25-21)8-9-18(19)16-6-4-3-5-7-16/h3-9,14,20-22,25-26,31H,10-13,15H2,1-2H3,(H,27,28). The van der Waals surface area contributed by atoms with Crippen LogP contribution in [-0.4, -0.2) is 61.4 Å². The number of thiol groups is 1. The predicted octanol–water partition coefficient (Wildman–Crippen LogP) is 3.45. The van der Waals surface area contributed by atoms with Crippen molar-refractivity contribution in [2.45, 2.75) is 30.2 Å². The highest BCUT2D eigenvalue weighted by Crippen LogP contribution is 2.27. The molecule has 8 heteroatoms. The van der Waals surface area contributed by atoms with Crippen LogP contribution in [0, 0.1) is 0 Å². The third kappa shape index (κ3) is 6.43. The van der Waals surface area contributed by atoms with Gasteiger partial charge in [-0.15, -0.1) is 0 Å². The highest BCUT2D eigenvalue weighted by molar-refractivity contribution is 7.98. The summed E-state index contributed by atoms with van der Waals surface area (Å²) in [6, 6.07) is 15.1. The van der Waals surface area contributed by atoms with Crippen LogP contribution in [0.2, 0.25) is 0 Å². The molecule has 0 spiro atoms. The summed E-state index contributed by atoms with van der Waals surface area (Å²) in [5.74, 6) is 0.0112. The van der Waals surface area contributed by atoms with Gasteiger partial charge in [-0.3, -0.25) is 4.79 Å². The van der Waals surface area contributed by atoms with E-state index in [9.17, 15) is 9.59 Å². The van der Waals surface area contributed by atoms with Gasteiger partial charge >= 0.3 is 5.97 Å². The number of nitrogens with one attached hydrogen (secondary N) is 3. The fourth-order valence-electron chi connectivity index (χ4n) is 3.76. The van der Waals surface area contributed by atoms with E-state index in [-0.39, 0.29) is 11.9 Å². The largest absolute Gasteiger partial charge is 0.467 e. The zero-order valence-corrected chi connectivity index (χ0v) is 20.2. The SMILES string of the molecule is COC(=O)C(CCSC)NC(=O)c1cc(NCC2NCCC2S)ccc1-c1ccccc1. The van der Waals surface area contributed by atoms with Crippen LogP contribution >= 0.6 is 24.4 Å². The number of hydrogen-bond acceptors (Lipinski definition) is 7. The van der Waals surface area contributed by atoms with Crippen LogP contribution in [-0.2, 0) is 9.53 Å². The lowest BCUT2D eigenvalue weighted by Gasteiger charge is -2.20. The van der Waals surface area contributed by atoms with E-state index in [1.165, 1.54) is 7.11 Å². The van der Waals surface area contributed by atoms with Crippen LogP contribution in [0.4, 0.5) is 5.69 Å². The second-order valence-corrected chi connectivity index (χ2v) is 9.40. The quantitative estimate of drug-likeness (QED) is 0.313. The maximum absolute atomic E-state index is 13.3. The van der Waals surface area contributed by atoms with Crippen molar-refractivity contribution < 1.29 is 14.3 Å². The molecular formula is C24H31N3O3S2. The zero-order valence-electron chi connectivity index (χ0n) is 18.5. The Morgan fingerprint density at radius 3 is 2.69 bits per heavy atom. The third-order valence-electron chi connectivity index (χ3n) is 5.59. The van der Waals surface area contributed by atoms with Gasteiger partial charge in [0.2, 0.25) is 0 Å². The molecule has 6 nitrogen and oxygen atoms in total. The van der Waals surface area contributed by atoms with Gasteiger partial charge in [0.25, 0.3) is 5.91 Å². The highest BCUT2D eigenvalue weighted by Gasteiger charge is 2.25. The van der Waals surface area contributed by atoms with Gasteiger partial charge in [-0.1, -0.05) is 36.4 Å². The van der Waals surface area contributed by atoms with Crippen LogP contribution in [0.25, 0.3) is 11.1 Å². The van der Waals surface area contributed by atoms with Crippen LogP contribution in [0.15, 0.2) is 48.5 Å². The predicted molar refractivity (Wildman–Crippen MR) is 136 cm³/mol. The molecule has 3 N–H and O–H groups in total. The van der Waals surface area contributed by atoms with E-state index in [0.29, 0.717) is 17.2 Å². The van der Waals surface area contributed by atoms with E-state index >= 15 is 0 Å². The number of hydrogen-bond donors (Lipinski definition) is 4. The van der Waals surface area contributed by atoms with Gasteiger partial charge in [0.1, 0.15) is 6.04 Å². The summed E-state index contributed by atoms with van der Waals surface area (Å²) in [6.07, 6.45) is 3.52. The van der Waals surface area contributed by atoms with E-state index in [2.05, 4.69) is 28.6 Å². The van der Waals surface area contributed by atoms with Gasteiger partial charge < -0.3 is 20.7 Å². The van der Waals surface area contributed by atoms with Crippen molar-refractivity contribution in [3.8, 4) is 11.1 Å². The Labute approximate surface area is 199 Å². The number of amides is 1. The lowest BCUT2D eigenvalue weighted by Crippen LogP contribution is -2.42. The molecule has 2 aromatic rings. The Balaban J connectivity index is 1.85. The maximum Gasteiger partial charge on any atom is 0.328 e. The molecule has 1 aliphatic rings. The topological polar surface area (TPSA) is 79.5 Å². The number of rotatable bonds is 10. The molecule has 1 amide bonds. The Kier molecular flexibility index (Phi) is 9.32. The fraction of sp³-hybridized carbons (Fsp3) is 0.417. The van der Waals surface area contributed by atoms with Crippen molar-refractivity contribution >= 4 is 42.0 Å². The van der Waals surface area contributed by atoms with Crippen molar-refractivity contribution in [1.82, 2.24) is 10.6 Å². The van der Waals surface area contributed by atoms with Crippen molar-refractivity contribution in [3.05, 3.63) is 54.1 Å². The van der Waals surface area contributed by atoms with Crippen molar-refractivity contribution in [2.75, 3.05) is 37.5 Å². The summed E-state index contributed by atoms with van der Waals surface area (Å²) in [4.78, 5) is 25.5. The molecule has 1 heterocycles. The Morgan fingerprint density at radius 1 is 1.25 bits per heavy atom. The molecule has 0 saturated carbocycles. The first-order valence-electron chi connectivity index (χ1n) is 10.8. The van der Waals surface area contributed by atoms with Gasteiger partial charge in [-0.2, -0.15) is 24.4 Å². The Morgan fingerprint density at radius 2 is 2.03 bits per heavy atom. The average molecular weight is 474 g/mol. The van der Waals surface area contributed by atoms with Crippen LogP contribution in [0.5, 0.6) is 0 Å². The van der Waals surface area contributed by atoms with Crippen LogP contribution in [0.3, 0.4) is 0 Å². The first-order valence-corrected chi connectivity index (χ1v) is 12.7. The first kappa shape index (κ1) is 24.5. The molecule has 0 bridgehead atoms. The number of esters is 1. The summed E-state index contributed by atoms with van der Waals surface area (Å²) in [6.45, 7) is 1.69. The van der Waals surface area contributed by atoms with Gasteiger partial charge in [0.15, 0.2) is 0 Å². The Hall–Kier alpha value is -2.16. The molecule has 1 fully saturated rings. The summed E-state index contributed by atoms with van der Waals surface area (Å²) in [5.41, 5.74) is 3.12. The molecule has 1 aliphatic heterocycles. The lowest BCUT2D eigenvalue weighted by molar-refractivity contribution is -0.142. The molecule has 172 valence electrons. The smallest absolute Gasteiger partial charge is 0.328 e. The van der Waals surface area contributed by atoms with Gasteiger partial charge in [0.05, 0.1) is 7.11 Å². The van der Waals surface area contributed by atoms with E-state index in [4.69, 9.17) is 4.74 Å². The summed E-state index contributed by atoms with van der Waals surface area (Å²) in [7, 11) is 1.34. The molecule has 2 aromatic carbocycles. The second-order valence-electron chi connectivity index (χ2n) is 7.75. The van der Waals surface area contributed by atoms with Crippen LogP contribution < -0.4 is 16.0 Å². The molecule has 1 saturated heterocycles. The summed E-state index contributed by atoms with van der Waals surface area (Å²) in [5, 5.41) is 10.1. The minimum atomic E-state index is -0.687. The monoisotopic (exact) mass is 473 g/mol. The number of thioether (sulfide) groups is 1. The average Bonchev–Trinajstić information content (AvgIpc) is 3.24. The first-order chi connectivity index (χ1) is 15.5. The minimum absolute atomic E-state index is 0.277. The molecule has 3 unspecified atom stereocenters. The molecular weight excluding hydrogens is 442 g/mol. The number of anilines is 1. The van der Waals surface area contributed by atoms with E-state index < -0.39 is 12.0 Å². The highest BCUT2D eigenvalue weighted by atomic mass is 32.2. The number of carbonyl (C=O) groups is 2. The number of benzene rings is 2. The molecule has 0 radical (unpaired) electrons. The number of carbonyl (C=O) groups excluding carboxylic acids is 2. The number of methoxy groups -OCH3 is 1. The normalized spacial score (nSPS) is 18.7. The fourth-order valence-corrected chi connectivity index (χ4v) is 4.58. The zero-order chi connectivity index (χ0) is 22.9. The molecule has 0 aromatic heterocycles. The lowest BCUT2D eigenvalue weighted by atomic mass is 9.98. The second kappa shape index (κ2) is 12.2. The Bertz CT molecular complexity index is 911. The summed E-state index contributed by atoms with van der Waals surface area (Å²) < 4.78 is 4.90. The van der Waals surface area contributed by atoms with E-state index in [0.717, 1.165) is 42.1 Å². The van der Waals surface area contributed by atoms with Crippen LogP contribution in [0.1, 0.15) is 23.2 Å². The van der Waals surface area contributed by atoms with Gasteiger partial charge in [-0.05, 0) is 54.7 Å². The van der Waals surface area contributed by atoms with Gasteiger partial charge in [0, 0.05) is 29.1 Å². The minimum Gasteiger partial charge on any atom is -0.467 e. The van der Waals surface area contributed by atoms with E-state index in [1.54, 1.807) is 11.8 Å². The number of ether oxygens (including phenoxy) is 1. The van der Waals surface area contributed by atoms with Gasteiger partial charge in [-0.25, -0.2) is 4.79 Å². The molecule has 0 aliphatic carbocycles. The third-order valence-corrected chi connectivity index (χ3v) is 6.85. The maximum atomic E-state index is 13.3. The summed E-state index contributed by atoms with van der Waals surface area (Å²) >= 11 is 6.25. The van der Waals surface area contributed by atoms with Crippen molar-refractivity contribution in [1.29, 1.82) is 0 Å².